The first-order valence-electron chi connectivity index (χ1n) is 9.83. The SMILES string of the molecule is Cc1nc(-c2ccc(F)c(C(=O)NCC(C)(C)c3coc(-c4ccc(F)cc4)n3)c2)no1. The van der Waals surface area contributed by atoms with Crippen LogP contribution in [0.4, 0.5) is 8.78 Å². The number of hydrogen-bond acceptors (Lipinski definition) is 6. The Balaban J connectivity index is 1.48. The minimum Gasteiger partial charge on any atom is -0.444 e. The van der Waals surface area contributed by atoms with Crippen molar-refractivity contribution in [3.63, 3.8) is 0 Å². The largest absolute Gasteiger partial charge is 0.444 e. The molecule has 4 aromatic rings. The van der Waals surface area contributed by atoms with Crippen molar-refractivity contribution in [2.45, 2.75) is 26.2 Å². The second-order valence-electron chi connectivity index (χ2n) is 7.94. The Bertz CT molecular complexity index is 1260. The Labute approximate surface area is 182 Å². The Kier molecular flexibility index (Phi) is 5.56. The van der Waals surface area contributed by atoms with Gasteiger partial charge < -0.3 is 14.3 Å². The molecule has 32 heavy (non-hydrogen) atoms. The van der Waals surface area contributed by atoms with Gasteiger partial charge in [0.1, 0.15) is 17.9 Å². The molecule has 0 bridgehead atoms. The zero-order valence-electron chi connectivity index (χ0n) is 17.6. The van der Waals surface area contributed by atoms with Crippen molar-refractivity contribution in [3.8, 4) is 22.8 Å². The van der Waals surface area contributed by atoms with Crippen molar-refractivity contribution in [1.29, 1.82) is 0 Å². The zero-order valence-corrected chi connectivity index (χ0v) is 17.6. The molecular formula is C23H20F2N4O3. The van der Waals surface area contributed by atoms with E-state index in [4.69, 9.17) is 8.94 Å². The van der Waals surface area contributed by atoms with Crippen LogP contribution in [-0.2, 0) is 5.41 Å². The fraction of sp³-hybridized carbons (Fsp3) is 0.217. The summed E-state index contributed by atoms with van der Waals surface area (Å²) in [7, 11) is 0. The molecule has 0 radical (unpaired) electrons. The molecule has 0 saturated heterocycles. The second-order valence-corrected chi connectivity index (χ2v) is 7.94. The van der Waals surface area contributed by atoms with Gasteiger partial charge in [-0.25, -0.2) is 13.8 Å². The lowest BCUT2D eigenvalue weighted by molar-refractivity contribution is 0.0941. The number of nitrogens with one attached hydrogen (secondary N) is 1. The molecule has 2 heterocycles. The number of aromatic nitrogens is 3. The average Bonchev–Trinajstić information content (AvgIpc) is 3.43. The molecular weight excluding hydrogens is 418 g/mol. The number of benzene rings is 2. The summed E-state index contributed by atoms with van der Waals surface area (Å²) in [4.78, 5) is 21.3. The molecule has 0 aliphatic rings. The Morgan fingerprint density at radius 3 is 2.47 bits per heavy atom. The van der Waals surface area contributed by atoms with Crippen molar-refractivity contribution in [1.82, 2.24) is 20.4 Å². The molecule has 2 aromatic heterocycles. The van der Waals surface area contributed by atoms with Gasteiger partial charge in [-0.05, 0) is 42.5 Å². The highest BCUT2D eigenvalue weighted by molar-refractivity contribution is 5.95. The third-order valence-corrected chi connectivity index (χ3v) is 4.98. The van der Waals surface area contributed by atoms with Gasteiger partial charge in [-0.15, -0.1) is 0 Å². The van der Waals surface area contributed by atoms with E-state index in [1.54, 1.807) is 19.1 Å². The summed E-state index contributed by atoms with van der Waals surface area (Å²) in [6, 6.07) is 9.83. The molecule has 1 amide bonds. The van der Waals surface area contributed by atoms with Crippen LogP contribution >= 0.6 is 0 Å². The molecule has 0 atom stereocenters. The summed E-state index contributed by atoms with van der Waals surface area (Å²) in [6.45, 7) is 5.55. The average molecular weight is 438 g/mol. The van der Waals surface area contributed by atoms with Gasteiger partial charge >= 0.3 is 0 Å². The smallest absolute Gasteiger partial charge is 0.254 e. The van der Waals surface area contributed by atoms with Gasteiger partial charge in [-0.1, -0.05) is 19.0 Å². The van der Waals surface area contributed by atoms with E-state index in [1.807, 2.05) is 13.8 Å². The van der Waals surface area contributed by atoms with E-state index < -0.39 is 17.1 Å². The van der Waals surface area contributed by atoms with Crippen LogP contribution in [0.3, 0.4) is 0 Å². The van der Waals surface area contributed by atoms with Gasteiger partial charge in [-0.3, -0.25) is 4.79 Å². The molecule has 0 spiro atoms. The van der Waals surface area contributed by atoms with Crippen molar-refractivity contribution >= 4 is 5.91 Å². The van der Waals surface area contributed by atoms with E-state index in [-0.39, 0.29) is 23.7 Å². The van der Waals surface area contributed by atoms with Gasteiger partial charge in [0.05, 0.1) is 11.3 Å². The molecule has 0 aliphatic carbocycles. The number of aryl methyl sites for hydroxylation is 1. The summed E-state index contributed by atoms with van der Waals surface area (Å²) < 4.78 is 37.9. The molecule has 9 heteroatoms. The van der Waals surface area contributed by atoms with Crippen molar-refractivity contribution < 1.29 is 22.5 Å². The molecule has 0 unspecified atom stereocenters. The van der Waals surface area contributed by atoms with Crippen LogP contribution in [0.5, 0.6) is 0 Å². The van der Waals surface area contributed by atoms with Gasteiger partial charge in [0.25, 0.3) is 5.91 Å². The van der Waals surface area contributed by atoms with Crippen LogP contribution in [0.25, 0.3) is 22.8 Å². The maximum Gasteiger partial charge on any atom is 0.254 e. The van der Waals surface area contributed by atoms with Crippen LogP contribution in [0, 0.1) is 18.6 Å². The number of nitrogens with zero attached hydrogens (tertiary/aromatic N) is 3. The topological polar surface area (TPSA) is 94.1 Å². The highest BCUT2D eigenvalue weighted by atomic mass is 19.1. The molecule has 0 saturated carbocycles. The van der Waals surface area contributed by atoms with E-state index in [1.165, 1.54) is 36.6 Å². The Morgan fingerprint density at radius 1 is 1.06 bits per heavy atom. The van der Waals surface area contributed by atoms with Crippen LogP contribution in [0.2, 0.25) is 0 Å². The minimum atomic E-state index is -0.663. The monoisotopic (exact) mass is 438 g/mol. The van der Waals surface area contributed by atoms with Crippen LogP contribution in [0.1, 0.15) is 35.8 Å². The van der Waals surface area contributed by atoms with Crippen LogP contribution in [0.15, 0.2) is 57.7 Å². The first-order valence-corrected chi connectivity index (χ1v) is 9.83. The van der Waals surface area contributed by atoms with Gasteiger partial charge in [-0.2, -0.15) is 4.98 Å². The molecule has 1 N–H and O–H groups in total. The lowest BCUT2D eigenvalue weighted by Crippen LogP contribution is -2.37. The fourth-order valence-electron chi connectivity index (χ4n) is 3.05. The molecule has 4 rings (SSSR count). The number of halogens is 2. The third-order valence-electron chi connectivity index (χ3n) is 4.98. The highest BCUT2D eigenvalue weighted by Crippen LogP contribution is 2.27. The molecule has 2 aromatic carbocycles. The van der Waals surface area contributed by atoms with Crippen molar-refractivity contribution in [2.75, 3.05) is 6.54 Å². The molecule has 164 valence electrons. The lowest BCUT2D eigenvalue weighted by Gasteiger charge is -2.22. The number of amides is 1. The summed E-state index contributed by atoms with van der Waals surface area (Å²) >= 11 is 0. The van der Waals surface area contributed by atoms with Gasteiger partial charge in [0.2, 0.25) is 17.6 Å². The summed E-state index contributed by atoms with van der Waals surface area (Å²) in [5, 5.41) is 6.54. The Morgan fingerprint density at radius 2 is 1.78 bits per heavy atom. The summed E-state index contributed by atoms with van der Waals surface area (Å²) in [5.41, 5.74) is 0.943. The second kappa shape index (κ2) is 8.33. The van der Waals surface area contributed by atoms with E-state index in [2.05, 4.69) is 20.4 Å². The fourth-order valence-corrected chi connectivity index (χ4v) is 3.05. The van der Waals surface area contributed by atoms with Crippen molar-refractivity contribution in [2.24, 2.45) is 0 Å². The number of carbonyl (C=O) groups excluding carboxylic acids is 1. The molecule has 0 fully saturated rings. The van der Waals surface area contributed by atoms with E-state index in [0.29, 0.717) is 28.6 Å². The third kappa shape index (κ3) is 4.41. The first-order chi connectivity index (χ1) is 15.2. The van der Waals surface area contributed by atoms with Crippen LogP contribution < -0.4 is 5.32 Å². The van der Waals surface area contributed by atoms with E-state index in [0.717, 1.165) is 0 Å². The van der Waals surface area contributed by atoms with Crippen molar-refractivity contribution in [3.05, 3.63) is 77.5 Å². The zero-order chi connectivity index (χ0) is 22.9. The number of hydrogen-bond donors (Lipinski definition) is 1. The van der Waals surface area contributed by atoms with E-state index >= 15 is 0 Å². The van der Waals surface area contributed by atoms with Crippen LogP contribution in [-0.4, -0.2) is 27.6 Å². The number of oxazole rings is 1. The Hall–Kier alpha value is -3.88. The summed E-state index contributed by atoms with van der Waals surface area (Å²) in [6.07, 6.45) is 1.49. The first kappa shape index (κ1) is 21.4. The van der Waals surface area contributed by atoms with E-state index in [9.17, 15) is 13.6 Å². The lowest BCUT2D eigenvalue weighted by atomic mass is 9.90. The normalized spacial score (nSPS) is 11.5. The minimum absolute atomic E-state index is 0.132. The van der Waals surface area contributed by atoms with Gasteiger partial charge in [0.15, 0.2) is 0 Å². The quantitative estimate of drug-likeness (QED) is 0.470. The highest BCUT2D eigenvalue weighted by Gasteiger charge is 2.27. The maximum atomic E-state index is 14.3. The predicted octanol–water partition coefficient (Wildman–Crippen LogP) is 4.69. The number of carbonyl (C=O) groups is 1. The number of rotatable bonds is 6. The predicted molar refractivity (Wildman–Crippen MR) is 112 cm³/mol. The molecule has 0 aliphatic heterocycles. The summed E-state index contributed by atoms with van der Waals surface area (Å²) in [5.74, 6) is -0.621. The standard InChI is InChI=1S/C23H20F2N4O3/c1-13-27-20(29-32-13)15-6-9-18(25)17(10-15)21(30)26-12-23(2,3)19-11-31-22(28-19)14-4-7-16(24)8-5-14/h4-11H,12H2,1-3H3,(H,26,30). The molecule has 7 nitrogen and oxygen atoms in total. The van der Waals surface area contributed by atoms with Gasteiger partial charge in [0, 0.05) is 30.0 Å². The maximum absolute atomic E-state index is 14.3.